The van der Waals surface area contributed by atoms with Crippen LogP contribution in [0.1, 0.15) is 30.0 Å². The molecule has 0 saturated heterocycles. The number of carbonyl (C=O) groups excluding carboxylic acids is 1. The van der Waals surface area contributed by atoms with Crippen LogP contribution in [0.3, 0.4) is 0 Å². The molecule has 0 aliphatic heterocycles. The van der Waals surface area contributed by atoms with Crippen molar-refractivity contribution < 1.29 is 9.53 Å². The van der Waals surface area contributed by atoms with Gasteiger partial charge in [0.05, 0.1) is 5.75 Å². The van der Waals surface area contributed by atoms with Crippen LogP contribution < -0.4 is 10.1 Å². The summed E-state index contributed by atoms with van der Waals surface area (Å²) in [5, 5.41) is 12.1. The van der Waals surface area contributed by atoms with Gasteiger partial charge < -0.3 is 10.1 Å². The molecule has 6 nitrogen and oxygen atoms in total. The molecule has 0 fully saturated rings. The highest BCUT2D eigenvalue weighted by molar-refractivity contribution is 7.99. The van der Waals surface area contributed by atoms with Crippen LogP contribution in [-0.2, 0) is 11.3 Å². The highest BCUT2D eigenvalue weighted by atomic mass is 32.2. The average molecular weight is 423 g/mol. The number of nitrogens with zero attached hydrogens (tertiary/aromatic N) is 3. The number of amides is 1. The molecule has 1 amide bonds. The summed E-state index contributed by atoms with van der Waals surface area (Å²) in [6.07, 6.45) is 1.48. The molecule has 30 heavy (non-hydrogen) atoms. The molecule has 7 heteroatoms. The van der Waals surface area contributed by atoms with E-state index in [1.807, 2.05) is 73.9 Å². The number of carbonyl (C=O) groups is 1. The van der Waals surface area contributed by atoms with Gasteiger partial charge in [0.15, 0.2) is 17.1 Å². The third-order valence-electron chi connectivity index (χ3n) is 4.42. The fourth-order valence-electron chi connectivity index (χ4n) is 2.85. The maximum absolute atomic E-state index is 12.3. The second-order valence-electron chi connectivity index (χ2n) is 7.02. The normalized spacial score (nSPS) is 11.7. The van der Waals surface area contributed by atoms with Crippen molar-refractivity contribution in [3.8, 4) is 5.75 Å². The van der Waals surface area contributed by atoms with E-state index in [1.165, 1.54) is 17.3 Å². The van der Waals surface area contributed by atoms with Crippen molar-refractivity contribution in [2.24, 2.45) is 0 Å². The maximum Gasteiger partial charge on any atom is 0.234 e. The number of hydrogen-bond donors (Lipinski definition) is 1. The summed E-state index contributed by atoms with van der Waals surface area (Å²) in [5.41, 5.74) is 3.10. The number of aromatic nitrogens is 3. The number of rotatable bonds is 9. The van der Waals surface area contributed by atoms with Crippen LogP contribution in [-0.4, -0.2) is 26.4 Å². The van der Waals surface area contributed by atoms with Gasteiger partial charge in [0, 0.05) is 12.2 Å². The quantitative estimate of drug-likeness (QED) is 0.390. The molecule has 0 aliphatic rings. The van der Waals surface area contributed by atoms with Gasteiger partial charge >= 0.3 is 0 Å². The fourth-order valence-corrected chi connectivity index (χ4v) is 3.60. The number of aryl methyl sites for hydroxylation is 2. The largest absolute Gasteiger partial charge is 0.483 e. The van der Waals surface area contributed by atoms with E-state index < -0.39 is 0 Å². The molecule has 0 saturated carbocycles. The van der Waals surface area contributed by atoms with Crippen LogP contribution >= 0.6 is 11.8 Å². The predicted octanol–water partition coefficient (Wildman–Crippen LogP) is 4.95. The molecule has 1 aromatic heterocycles. The van der Waals surface area contributed by atoms with Gasteiger partial charge in [-0.25, -0.2) is 0 Å². The number of benzene rings is 2. The summed E-state index contributed by atoms with van der Waals surface area (Å²) in [6, 6.07) is 15.6. The van der Waals surface area contributed by atoms with Gasteiger partial charge in [-0.15, -0.1) is 16.8 Å². The summed E-state index contributed by atoms with van der Waals surface area (Å²) in [6.45, 7) is 10.3. The van der Waals surface area contributed by atoms with Crippen LogP contribution in [0.25, 0.3) is 0 Å². The van der Waals surface area contributed by atoms with E-state index in [1.54, 1.807) is 6.08 Å². The number of ether oxygens (including phenoxy) is 1. The van der Waals surface area contributed by atoms with E-state index in [0.29, 0.717) is 17.5 Å². The lowest BCUT2D eigenvalue weighted by molar-refractivity contribution is -0.113. The Morgan fingerprint density at radius 2 is 1.77 bits per heavy atom. The Bertz CT molecular complexity index is 997. The maximum atomic E-state index is 12.3. The first-order chi connectivity index (χ1) is 14.5. The second kappa shape index (κ2) is 10.1. The predicted molar refractivity (Wildman–Crippen MR) is 121 cm³/mol. The minimum absolute atomic E-state index is 0.0949. The van der Waals surface area contributed by atoms with Crippen molar-refractivity contribution >= 4 is 23.4 Å². The third-order valence-corrected chi connectivity index (χ3v) is 5.39. The van der Waals surface area contributed by atoms with Crippen molar-refractivity contribution in [2.75, 3.05) is 11.1 Å². The van der Waals surface area contributed by atoms with Crippen LogP contribution in [0.15, 0.2) is 66.3 Å². The Labute approximate surface area is 181 Å². The molecule has 3 aromatic rings. The van der Waals surface area contributed by atoms with E-state index in [4.69, 9.17) is 4.74 Å². The molecule has 2 aromatic carbocycles. The Kier molecular flexibility index (Phi) is 7.30. The first-order valence-electron chi connectivity index (χ1n) is 9.73. The Hall–Kier alpha value is -3.06. The summed E-state index contributed by atoms with van der Waals surface area (Å²) in [5.74, 6) is 1.60. The number of anilines is 1. The standard InChI is InChI=1S/C23H26N4O2S/c1-5-14-27-22(18(4)29-20-12-8-17(3)9-13-20)25-26-23(27)30-15-21(28)24-19-10-6-16(2)7-11-19/h5-13,18H,1,14-15H2,2-4H3,(H,24,28). The van der Waals surface area contributed by atoms with Crippen LogP contribution in [0.2, 0.25) is 0 Å². The molecule has 0 spiro atoms. The molecule has 3 rings (SSSR count). The van der Waals surface area contributed by atoms with E-state index in [9.17, 15) is 4.79 Å². The number of nitrogens with one attached hydrogen (secondary N) is 1. The third kappa shape index (κ3) is 5.73. The molecule has 1 unspecified atom stereocenters. The summed E-state index contributed by atoms with van der Waals surface area (Å²) >= 11 is 1.34. The van der Waals surface area contributed by atoms with Gasteiger partial charge in [-0.05, 0) is 45.0 Å². The van der Waals surface area contributed by atoms with E-state index in [0.717, 1.165) is 17.0 Å². The average Bonchev–Trinajstić information content (AvgIpc) is 3.13. The molecular formula is C23H26N4O2S. The molecule has 1 atom stereocenters. The van der Waals surface area contributed by atoms with Crippen molar-refractivity contribution in [2.45, 2.75) is 38.6 Å². The smallest absolute Gasteiger partial charge is 0.234 e. The van der Waals surface area contributed by atoms with Gasteiger partial charge in [0.1, 0.15) is 5.75 Å². The number of thioether (sulfide) groups is 1. The van der Waals surface area contributed by atoms with Crippen LogP contribution in [0.4, 0.5) is 5.69 Å². The molecule has 1 heterocycles. The van der Waals surface area contributed by atoms with E-state index in [-0.39, 0.29) is 17.8 Å². The summed E-state index contributed by atoms with van der Waals surface area (Å²) in [7, 11) is 0. The van der Waals surface area contributed by atoms with Crippen molar-refractivity contribution in [3.05, 3.63) is 78.1 Å². The van der Waals surface area contributed by atoms with E-state index >= 15 is 0 Å². The Balaban J connectivity index is 1.65. The second-order valence-corrected chi connectivity index (χ2v) is 7.96. The first-order valence-corrected chi connectivity index (χ1v) is 10.7. The topological polar surface area (TPSA) is 69.0 Å². The molecule has 0 bridgehead atoms. The SMILES string of the molecule is C=CCn1c(SCC(=O)Nc2ccc(C)cc2)nnc1C(C)Oc1ccc(C)cc1. The molecular weight excluding hydrogens is 396 g/mol. The minimum atomic E-state index is -0.295. The van der Waals surface area contributed by atoms with Gasteiger partial charge in [-0.3, -0.25) is 9.36 Å². The zero-order chi connectivity index (χ0) is 21.5. The van der Waals surface area contributed by atoms with Gasteiger partial charge in [0.25, 0.3) is 0 Å². The molecule has 0 aliphatic carbocycles. The summed E-state index contributed by atoms with van der Waals surface area (Å²) < 4.78 is 7.95. The van der Waals surface area contributed by atoms with Crippen LogP contribution in [0, 0.1) is 13.8 Å². The zero-order valence-electron chi connectivity index (χ0n) is 17.5. The van der Waals surface area contributed by atoms with Crippen molar-refractivity contribution in [1.82, 2.24) is 14.8 Å². The lowest BCUT2D eigenvalue weighted by Gasteiger charge is -2.16. The van der Waals surface area contributed by atoms with Crippen LogP contribution in [0.5, 0.6) is 5.75 Å². The van der Waals surface area contributed by atoms with Gasteiger partial charge in [-0.1, -0.05) is 53.2 Å². The lowest BCUT2D eigenvalue weighted by Crippen LogP contribution is -2.15. The zero-order valence-corrected chi connectivity index (χ0v) is 18.3. The Morgan fingerprint density at radius 3 is 2.40 bits per heavy atom. The Morgan fingerprint density at radius 1 is 1.13 bits per heavy atom. The van der Waals surface area contributed by atoms with E-state index in [2.05, 4.69) is 22.1 Å². The fraction of sp³-hybridized carbons (Fsp3) is 0.261. The minimum Gasteiger partial charge on any atom is -0.483 e. The van der Waals surface area contributed by atoms with Gasteiger partial charge in [0.2, 0.25) is 5.91 Å². The van der Waals surface area contributed by atoms with Crippen molar-refractivity contribution in [1.29, 1.82) is 0 Å². The monoisotopic (exact) mass is 422 g/mol. The summed E-state index contributed by atoms with van der Waals surface area (Å²) in [4.78, 5) is 12.3. The highest BCUT2D eigenvalue weighted by Gasteiger charge is 2.19. The molecule has 156 valence electrons. The number of hydrogen-bond acceptors (Lipinski definition) is 5. The molecule has 1 N–H and O–H groups in total. The lowest BCUT2D eigenvalue weighted by atomic mass is 10.2. The van der Waals surface area contributed by atoms with Crippen molar-refractivity contribution in [3.63, 3.8) is 0 Å². The molecule has 0 radical (unpaired) electrons. The first kappa shape index (κ1) is 21.6. The highest BCUT2D eigenvalue weighted by Crippen LogP contribution is 2.25. The van der Waals surface area contributed by atoms with Gasteiger partial charge in [-0.2, -0.15) is 0 Å². The number of allylic oxidation sites excluding steroid dienone is 1.